The Morgan fingerprint density at radius 2 is 1.38 bits per heavy atom. The second-order valence-corrected chi connectivity index (χ2v) is 4.34. The summed E-state index contributed by atoms with van der Waals surface area (Å²) in [4.78, 5) is 2.46. The van der Waals surface area contributed by atoms with Crippen LogP contribution in [0.5, 0.6) is 0 Å². The van der Waals surface area contributed by atoms with Gasteiger partial charge in [-0.2, -0.15) is 0 Å². The van der Waals surface area contributed by atoms with Crippen molar-refractivity contribution in [2.75, 3.05) is 13.1 Å². The molecule has 0 aromatic heterocycles. The molecular formula is C14H24LiN. The predicted octanol–water partition coefficient (Wildman–Crippen LogP) is 2.81. The molecule has 0 heterocycles. The SMILES string of the molecule is CCN(CC)Cc1c(C)cc(C)cc1C.[LiH]. The molecule has 1 aromatic rings. The van der Waals surface area contributed by atoms with Crippen molar-refractivity contribution in [2.24, 2.45) is 0 Å². The molecule has 0 aliphatic carbocycles. The minimum atomic E-state index is 0. The maximum atomic E-state index is 2.46. The van der Waals surface area contributed by atoms with Crippen molar-refractivity contribution >= 4 is 18.9 Å². The predicted molar refractivity (Wildman–Crippen MR) is 74.4 cm³/mol. The van der Waals surface area contributed by atoms with Crippen LogP contribution >= 0.6 is 0 Å². The van der Waals surface area contributed by atoms with Crippen LogP contribution in [0.15, 0.2) is 12.1 Å². The van der Waals surface area contributed by atoms with Gasteiger partial charge in [-0.05, 0) is 50.6 Å². The zero-order chi connectivity index (χ0) is 11.4. The van der Waals surface area contributed by atoms with Crippen molar-refractivity contribution in [3.8, 4) is 0 Å². The van der Waals surface area contributed by atoms with Gasteiger partial charge in [0.15, 0.2) is 0 Å². The molecule has 0 radical (unpaired) electrons. The maximum absolute atomic E-state index is 2.46. The third-order valence-electron chi connectivity index (χ3n) is 3.12. The van der Waals surface area contributed by atoms with Gasteiger partial charge in [0.1, 0.15) is 0 Å². The number of nitrogens with zero attached hydrogens (tertiary/aromatic N) is 1. The molecule has 0 unspecified atom stereocenters. The second-order valence-electron chi connectivity index (χ2n) is 4.34. The van der Waals surface area contributed by atoms with Crippen molar-refractivity contribution in [3.63, 3.8) is 0 Å². The van der Waals surface area contributed by atoms with Gasteiger partial charge in [0.2, 0.25) is 0 Å². The second kappa shape index (κ2) is 7.17. The van der Waals surface area contributed by atoms with Crippen LogP contribution in [0.25, 0.3) is 0 Å². The van der Waals surface area contributed by atoms with E-state index in [1.54, 1.807) is 0 Å². The van der Waals surface area contributed by atoms with Gasteiger partial charge in [-0.3, -0.25) is 4.90 Å². The fourth-order valence-electron chi connectivity index (χ4n) is 2.13. The van der Waals surface area contributed by atoms with Crippen molar-refractivity contribution < 1.29 is 0 Å². The molecule has 1 aromatic carbocycles. The standard InChI is InChI=1S/C14H23N.Li.H/c1-6-15(7-2)10-14-12(4)8-11(3)9-13(14)5;;/h8-9H,6-7,10H2,1-5H3;;. The van der Waals surface area contributed by atoms with Crippen molar-refractivity contribution in [3.05, 3.63) is 34.4 Å². The Hall–Kier alpha value is -0.223. The number of hydrogen-bond acceptors (Lipinski definition) is 1. The molecule has 1 rings (SSSR count). The minimum absolute atomic E-state index is 0. The van der Waals surface area contributed by atoms with Gasteiger partial charge in [-0.25, -0.2) is 0 Å². The summed E-state index contributed by atoms with van der Waals surface area (Å²) in [6, 6.07) is 4.57. The molecule has 0 spiro atoms. The Morgan fingerprint density at radius 1 is 0.938 bits per heavy atom. The van der Waals surface area contributed by atoms with Crippen LogP contribution in [0.3, 0.4) is 0 Å². The fourth-order valence-corrected chi connectivity index (χ4v) is 2.13. The molecule has 0 atom stereocenters. The molecule has 0 bridgehead atoms. The first-order valence-electron chi connectivity index (χ1n) is 5.87. The molecule has 0 N–H and O–H groups in total. The molecule has 0 aliphatic rings. The Morgan fingerprint density at radius 3 is 1.75 bits per heavy atom. The van der Waals surface area contributed by atoms with Crippen LogP contribution in [0.2, 0.25) is 0 Å². The quantitative estimate of drug-likeness (QED) is 0.695. The monoisotopic (exact) mass is 213 g/mol. The average molecular weight is 213 g/mol. The van der Waals surface area contributed by atoms with Gasteiger partial charge in [-0.15, -0.1) is 0 Å². The van der Waals surface area contributed by atoms with E-state index in [9.17, 15) is 0 Å². The Labute approximate surface area is 112 Å². The van der Waals surface area contributed by atoms with E-state index in [1.807, 2.05) is 0 Å². The van der Waals surface area contributed by atoms with Gasteiger partial charge < -0.3 is 0 Å². The van der Waals surface area contributed by atoms with Gasteiger partial charge in [0.25, 0.3) is 0 Å². The van der Waals surface area contributed by atoms with E-state index < -0.39 is 0 Å². The summed E-state index contributed by atoms with van der Waals surface area (Å²) >= 11 is 0. The van der Waals surface area contributed by atoms with E-state index in [2.05, 4.69) is 51.7 Å². The van der Waals surface area contributed by atoms with Gasteiger partial charge in [0, 0.05) is 6.54 Å². The molecule has 0 fully saturated rings. The summed E-state index contributed by atoms with van der Waals surface area (Å²) in [6.07, 6.45) is 0. The van der Waals surface area contributed by atoms with Crippen LogP contribution in [-0.2, 0) is 6.54 Å². The topological polar surface area (TPSA) is 3.24 Å². The van der Waals surface area contributed by atoms with Crippen LogP contribution in [-0.4, -0.2) is 36.9 Å². The zero-order valence-electron chi connectivity index (χ0n) is 10.7. The molecule has 0 saturated heterocycles. The molecule has 0 amide bonds. The van der Waals surface area contributed by atoms with Crippen molar-refractivity contribution in [1.82, 2.24) is 4.90 Å². The normalized spacial score (nSPS) is 10.4. The summed E-state index contributed by atoms with van der Waals surface area (Å²) < 4.78 is 0. The molecule has 16 heavy (non-hydrogen) atoms. The van der Waals surface area contributed by atoms with E-state index in [0.29, 0.717) is 0 Å². The van der Waals surface area contributed by atoms with Gasteiger partial charge in [-0.1, -0.05) is 31.5 Å². The van der Waals surface area contributed by atoms with Gasteiger partial charge in [0.05, 0.1) is 0 Å². The Balaban J connectivity index is 0.00000225. The molecule has 86 valence electrons. The third-order valence-corrected chi connectivity index (χ3v) is 3.12. The molecule has 0 aliphatic heterocycles. The molecule has 2 heteroatoms. The summed E-state index contributed by atoms with van der Waals surface area (Å²) in [5.74, 6) is 0. The van der Waals surface area contributed by atoms with Crippen LogP contribution in [0, 0.1) is 20.8 Å². The van der Waals surface area contributed by atoms with Crippen molar-refractivity contribution in [1.29, 1.82) is 0 Å². The molecule has 0 saturated carbocycles. The fraction of sp³-hybridized carbons (Fsp3) is 0.571. The Kier molecular flexibility index (Phi) is 7.07. The first kappa shape index (κ1) is 15.8. The number of rotatable bonds is 4. The first-order chi connectivity index (χ1) is 7.08. The summed E-state index contributed by atoms with van der Waals surface area (Å²) in [5.41, 5.74) is 5.73. The average Bonchev–Trinajstić information content (AvgIpc) is 2.17. The first-order valence-corrected chi connectivity index (χ1v) is 5.87. The van der Waals surface area contributed by atoms with Crippen LogP contribution < -0.4 is 0 Å². The molecular weight excluding hydrogens is 189 g/mol. The zero-order valence-corrected chi connectivity index (χ0v) is 10.7. The van der Waals surface area contributed by atoms with E-state index in [0.717, 1.165) is 19.6 Å². The van der Waals surface area contributed by atoms with E-state index in [1.165, 1.54) is 22.3 Å². The number of benzene rings is 1. The van der Waals surface area contributed by atoms with E-state index in [-0.39, 0.29) is 18.9 Å². The van der Waals surface area contributed by atoms with Gasteiger partial charge >= 0.3 is 18.9 Å². The van der Waals surface area contributed by atoms with Crippen LogP contribution in [0.4, 0.5) is 0 Å². The summed E-state index contributed by atoms with van der Waals surface area (Å²) in [5, 5.41) is 0. The third kappa shape index (κ3) is 3.98. The number of aryl methyl sites for hydroxylation is 3. The van der Waals surface area contributed by atoms with E-state index in [4.69, 9.17) is 0 Å². The van der Waals surface area contributed by atoms with Crippen LogP contribution in [0.1, 0.15) is 36.1 Å². The Bertz CT molecular complexity index is 307. The summed E-state index contributed by atoms with van der Waals surface area (Å²) in [6.45, 7) is 14.4. The number of hydrogen-bond donors (Lipinski definition) is 0. The summed E-state index contributed by atoms with van der Waals surface area (Å²) in [7, 11) is 0. The van der Waals surface area contributed by atoms with E-state index >= 15 is 0 Å². The molecule has 1 nitrogen and oxygen atoms in total. The van der Waals surface area contributed by atoms with Crippen molar-refractivity contribution in [2.45, 2.75) is 41.2 Å².